The molecule has 3 aromatic rings. The topological polar surface area (TPSA) is 81.4 Å². The van der Waals surface area contributed by atoms with Crippen molar-refractivity contribution < 1.29 is 23.1 Å². The molecule has 6 nitrogen and oxygen atoms in total. The highest BCUT2D eigenvalue weighted by Gasteiger charge is 2.13. The largest absolute Gasteiger partial charge is 0.456 e. The summed E-state index contributed by atoms with van der Waals surface area (Å²) < 4.78 is 24.1. The Morgan fingerprint density at radius 2 is 1.97 bits per heavy atom. The van der Waals surface area contributed by atoms with Gasteiger partial charge in [-0.05, 0) is 25.1 Å². The summed E-state index contributed by atoms with van der Waals surface area (Å²) in [6.45, 7) is 1.46. The SMILES string of the molecule is Cc1ccc(-c2cnc(CCC(=O)OCC(=O)Nc3cc(Cl)ccc3F)o2)cc1. The van der Waals surface area contributed by atoms with E-state index in [0.717, 1.165) is 17.2 Å². The quantitative estimate of drug-likeness (QED) is 0.571. The average Bonchev–Trinajstić information content (AvgIpc) is 3.17. The fraction of sp³-hybridized carbons (Fsp3) is 0.190. The van der Waals surface area contributed by atoms with E-state index in [0.29, 0.717) is 11.7 Å². The van der Waals surface area contributed by atoms with E-state index in [1.165, 1.54) is 12.1 Å². The highest BCUT2D eigenvalue weighted by atomic mass is 35.5. The van der Waals surface area contributed by atoms with Gasteiger partial charge in [0.1, 0.15) is 5.82 Å². The number of benzene rings is 2. The van der Waals surface area contributed by atoms with E-state index in [9.17, 15) is 14.0 Å². The van der Waals surface area contributed by atoms with Crippen LogP contribution in [0.1, 0.15) is 17.9 Å². The molecule has 0 spiro atoms. The molecule has 29 heavy (non-hydrogen) atoms. The third-order valence-electron chi connectivity index (χ3n) is 4.00. The van der Waals surface area contributed by atoms with Crippen LogP contribution in [-0.2, 0) is 20.7 Å². The summed E-state index contributed by atoms with van der Waals surface area (Å²) >= 11 is 5.76. The lowest BCUT2D eigenvalue weighted by Gasteiger charge is -2.07. The van der Waals surface area contributed by atoms with E-state index in [1.807, 2.05) is 31.2 Å². The lowest BCUT2D eigenvalue weighted by atomic mass is 10.1. The van der Waals surface area contributed by atoms with Gasteiger partial charge in [0.25, 0.3) is 5.91 Å². The van der Waals surface area contributed by atoms with Gasteiger partial charge in [-0.15, -0.1) is 0 Å². The molecule has 0 unspecified atom stereocenters. The molecular weight excluding hydrogens is 399 g/mol. The summed E-state index contributed by atoms with van der Waals surface area (Å²) in [4.78, 5) is 27.8. The number of nitrogens with one attached hydrogen (secondary N) is 1. The highest BCUT2D eigenvalue weighted by molar-refractivity contribution is 6.30. The lowest BCUT2D eigenvalue weighted by molar-refractivity contribution is -0.147. The van der Waals surface area contributed by atoms with Crippen LogP contribution in [0, 0.1) is 12.7 Å². The minimum absolute atomic E-state index is 0.00728. The number of amides is 1. The van der Waals surface area contributed by atoms with Crippen LogP contribution in [0.25, 0.3) is 11.3 Å². The minimum atomic E-state index is -0.669. The number of carbonyl (C=O) groups is 2. The standard InChI is InChI=1S/C21H18ClFN2O4/c1-13-2-4-14(5-3-13)18-11-24-20(29-18)8-9-21(27)28-12-19(26)25-17-10-15(22)6-7-16(17)23/h2-7,10-11H,8-9,12H2,1H3,(H,25,26). The molecule has 0 radical (unpaired) electrons. The highest BCUT2D eigenvalue weighted by Crippen LogP contribution is 2.21. The second kappa shape index (κ2) is 9.34. The van der Waals surface area contributed by atoms with Crippen molar-refractivity contribution >= 4 is 29.2 Å². The second-order valence-corrected chi connectivity index (χ2v) is 6.75. The van der Waals surface area contributed by atoms with Crippen molar-refractivity contribution in [2.24, 2.45) is 0 Å². The molecule has 1 amide bonds. The van der Waals surface area contributed by atoms with E-state index in [-0.39, 0.29) is 23.6 Å². The lowest BCUT2D eigenvalue weighted by Crippen LogP contribution is -2.21. The molecule has 0 aliphatic carbocycles. The number of oxazole rings is 1. The summed E-state index contributed by atoms with van der Waals surface area (Å²) in [5, 5.41) is 2.57. The van der Waals surface area contributed by atoms with E-state index < -0.39 is 24.3 Å². The molecule has 0 aliphatic heterocycles. The first-order chi connectivity index (χ1) is 13.9. The number of hydrogen-bond acceptors (Lipinski definition) is 5. The number of nitrogens with zero attached hydrogens (tertiary/aromatic N) is 1. The van der Waals surface area contributed by atoms with Gasteiger partial charge in [-0.1, -0.05) is 41.4 Å². The Kier molecular flexibility index (Phi) is 6.61. The fourth-order valence-electron chi connectivity index (χ4n) is 2.48. The first kappa shape index (κ1) is 20.5. The van der Waals surface area contributed by atoms with Crippen molar-refractivity contribution in [1.29, 1.82) is 0 Å². The van der Waals surface area contributed by atoms with Gasteiger partial charge < -0.3 is 14.5 Å². The molecule has 150 valence electrons. The summed E-state index contributed by atoms with van der Waals surface area (Å²) in [7, 11) is 0. The Labute approximate surface area is 171 Å². The van der Waals surface area contributed by atoms with Crippen molar-refractivity contribution in [3.63, 3.8) is 0 Å². The Morgan fingerprint density at radius 3 is 2.72 bits per heavy atom. The number of esters is 1. The van der Waals surface area contributed by atoms with Crippen LogP contribution in [0.4, 0.5) is 10.1 Å². The Bertz CT molecular complexity index is 1020. The van der Waals surface area contributed by atoms with Crippen molar-refractivity contribution in [3.8, 4) is 11.3 Å². The van der Waals surface area contributed by atoms with Gasteiger partial charge in [-0.2, -0.15) is 0 Å². The first-order valence-electron chi connectivity index (χ1n) is 8.83. The van der Waals surface area contributed by atoms with Gasteiger partial charge in [-0.25, -0.2) is 9.37 Å². The molecule has 0 bridgehead atoms. The third-order valence-corrected chi connectivity index (χ3v) is 4.23. The van der Waals surface area contributed by atoms with Crippen LogP contribution in [0.2, 0.25) is 5.02 Å². The Balaban J connectivity index is 1.45. The zero-order valence-electron chi connectivity index (χ0n) is 15.6. The number of carbonyl (C=O) groups excluding carboxylic acids is 2. The maximum absolute atomic E-state index is 13.6. The van der Waals surface area contributed by atoms with E-state index in [4.69, 9.17) is 20.8 Å². The van der Waals surface area contributed by atoms with Crippen LogP contribution in [0.15, 0.2) is 53.1 Å². The zero-order valence-corrected chi connectivity index (χ0v) is 16.3. The fourth-order valence-corrected chi connectivity index (χ4v) is 2.66. The number of hydrogen-bond donors (Lipinski definition) is 1. The molecule has 0 atom stereocenters. The molecule has 1 aromatic heterocycles. The van der Waals surface area contributed by atoms with E-state index in [1.54, 1.807) is 6.20 Å². The van der Waals surface area contributed by atoms with Gasteiger partial charge in [0, 0.05) is 17.0 Å². The van der Waals surface area contributed by atoms with Crippen molar-refractivity contribution in [1.82, 2.24) is 4.98 Å². The number of ether oxygens (including phenoxy) is 1. The number of aromatic nitrogens is 1. The van der Waals surface area contributed by atoms with Crippen LogP contribution < -0.4 is 5.32 Å². The normalized spacial score (nSPS) is 10.6. The molecule has 2 aromatic carbocycles. The van der Waals surface area contributed by atoms with E-state index >= 15 is 0 Å². The summed E-state index contributed by atoms with van der Waals surface area (Å²) in [5.41, 5.74) is 1.95. The van der Waals surface area contributed by atoms with Gasteiger partial charge in [0.2, 0.25) is 0 Å². The van der Waals surface area contributed by atoms with Gasteiger partial charge in [-0.3, -0.25) is 9.59 Å². The van der Waals surface area contributed by atoms with Crippen molar-refractivity contribution in [2.45, 2.75) is 19.8 Å². The van der Waals surface area contributed by atoms with Crippen LogP contribution in [0.3, 0.4) is 0 Å². The minimum Gasteiger partial charge on any atom is -0.456 e. The number of rotatable bonds is 7. The monoisotopic (exact) mass is 416 g/mol. The summed E-state index contributed by atoms with van der Waals surface area (Å²) in [6.07, 6.45) is 1.82. The third kappa shape index (κ3) is 5.89. The predicted molar refractivity (Wildman–Crippen MR) is 106 cm³/mol. The molecule has 3 rings (SSSR count). The predicted octanol–water partition coefficient (Wildman–Crippen LogP) is 4.56. The van der Waals surface area contributed by atoms with Crippen LogP contribution in [0.5, 0.6) is 0 Å². The maximum atomic E-state index is 13.6. The first-order valence-corrected chi connectivity index (χ1v) is 9.21. The molecule has 0 aliphatic rings. The van der Waals surface area contributed by atoms with E-state index in [2.05, 4.69) is 10.3 Å². The molecule has 1 N–H and O–H groups in total. The molecule has 0 fully saturated rings. The van der Waals surface area contributed by atoms with Crippen LogP contribution in [-0.4, -0.2) is 23.5 Å². The number of anilines is 1. The summed E-state index contributed by atoms with van der Waals surface area (Å²) in [5.74, 6) is -0.902. The number of halogens is 2. The molecule has 8 heteroatoms. The summed E-state index contributed by atoms with van der Waals surface area (Å²) in [6, 6.07) is 11.5. The zero-order chi connectivity index (χ0) is 20.8. The van der Waals surface area contributed by atoms with Crippen LogP contribution >= 0.6 is 11.6 Å². The maximum Gasteiger partial charge on any atom is 0.306 e. The molecule has 1 heterocycles. The van der Waals surface area contributed by atoms with Gasteiger partial charge >= 0.3 is 5.97 Å². The Hall–Kier alpha value is -3.19. The molecular formula is C21H18ClFN2O4. The second-order valence-electron chi connectivity index (χ2n) is 6.32. The Morgan fingerprint density at radius 1 is 1.21 bits per heavy atom. The average molecular weight is 417 g/mol. The van der Waals surface area contributed by atoms with Crippen molar-refractivity contribution in [3.05, 3.63) is 71.0 Å². The number of aryl methyl sites for hydroxylation is 2. The van der Waals surface area contributed by atoms with Gasteiger partial charge in [0.05, 0.1) is 18.3 Å². The smallest absolute Gasteiger partial charge is 0.306 e. The van der Waals surface area contributed by atoms with Crippen molar-refractivity contribution in [2.75, 3.05) is 11.9 Å². The molecule has 0 saturated heterocycles. The molecule has 0 saturated carbocycles. The van der Waals surface area contributed by atoms with Gasteiger partial charge in [0.15, 0.2) is 18.3 Å².